The fourth-order valence-corrected chi connectivity index (χ4v) is 0.980. The van der Waals surface area contributed by atoms with Crippen molar-refractivity contribution in [3.63, 3.8) is 0 Å². The number of anilines is 1. The molecule has 7 heteroatoms. The van der Waals surface area contributed by atoms with Crippen LogP contribution in [0.15, 0.2) is 0 Å². The van der Waals surface area contributed by atoms with Gasteiger partial charge in [0.1, 0.15) is 0 Å². The van der Waals surface area contributed by atoms with E-state index in [1.165, 1.54) is 0 Å². The van der Waals surface area contributed by atoms with Gasteiger partial charge in [-0.05, 0) is 11.3 Å². The summed E-state index contributed by atoms with van der Waals surface area (Å²) in [5.41, 5.74) is 5.06. The van der Waals surface area contributed by atoms with Crippen LogP contribution in [0.1, 0.15) is 0 Å². The summed E-state index contributed by atoms with van der Waals surface area (Å²) < 4.78 is 0. The molecule has 0 aliphatic heterocycles. The second kappa shape index (κ2) is 2.10. The van der Waals surface area contributed by atoms with Crippen LogP contribution < -0.4 is 5.73 Å². The van der Waals surface area contributed by atoms with Crippen LogP contribution in [0.25, 0.3) is 0 Å². The van der Waals surface area contributed by atoms with Gasteiger partial charge in [-0.25, -0.2) is 0 Å². The summed E-state index contributed by atoms with van der Waals surface area (Å²) in [4.78, 5) is 12.5. The second-order valence-corrected chi connectivity index (χ2v) is 2.45. The van der Waals surface area contributed by atoms with Crippen molar-refractivity contribution in [2.45, 2.75) is 0 Å². The number of rotatable bonds is 1. The van der Waals surface area contributed by atoms with Crippen LogP contribution in [-0.2, 0) is 0 Å². The molecule has 1 aromatic rings. The number of aromatic hydroxyl groups is 1. The molecule has 0 radical (unpaired) electrons. The van der Waals surface area contributed by atoms with Crippen molar-refractivity contribution in [1.82, 2.24) is 4.98 Å². The molecule has 0 amide bonds. The van der Waals surface area contributed by atoms with Crippen molar-refractivity contribution in [2.75, 3.05) is 5.73 Å². The lowest BCUT2D eigenvalue weighted by atomic mass is 10.8. The van der Waals surface area contributed by atoms with Crippen LogP contribution in [0.5, 0.6) is 5.88 Å². The van der Waals surface area contributed by atoms with Gasteiger partial charge in [0.05, 0.1) is 4.92 Å². The van der Waals surface area contributed by atoms with Crippen molar-refractivity contribution in [2.24, 2.45) is 0 Å². The maximum Gasteiger partial charge on any atom is 0.389 e. The number of hydrogen-bond acceptors (Lipinski definition) is 6. The standard InChI is InChI=1S/C3H3N3O3S/c4-3-5-1(7)2(10-3)6(8)9/h7H,(H2,4,5). The average Bonchev–Trinajstić information content (AvgIpc) is 2.10. The van der Waals surface area contributed by atoms with E-state index in [2.05, 4.69) is 4.98 Å². The first-order chi connectivity index (χ1) is 4.61. The van der Waals surface area contributed by atoms with E-state index in [4.69, 9.17) is 10.8 Å². The monoisotopic (exact) mass is 161 g/mol. The molecule has 0 aliphatic rings. The first-order valence-electron chi connectivity index (χ1n) is 2.21. The molecule has 6 nitrogen and oxygen atoms in total. The van der Waals surface area contributed by atoms with Gasteiger partial charge in [0, 0.05) is 0 Å². The number of thiazole rings is 1. The Hall–Kier alpha value is -1.37. The molecule has 3 N–H and O–H groups in total. The SMILES string of the molecule is Nc1nc(O)c([N+](=O)[O-])s1. The van der Waals surface area contributed by atoms with E-state index in [0.717, 1.165) is 0 Å². The predicted molar refractivity (Wildman–Crippen MR) is 34.8 cm³/mol. The average molecular weight is 161 g/mol. The highest BCUT2D eigenvalue weighted by Gasteiger charge is 2.18. The number of aromatic nitrogens is 1. The van der Waals surface area contributed by atoms with Gasteiger partial charge < -0.3 is 10.8 Å². The molecule has 1 rings (SSSR count). The lowest BCUT2D eigenvalue weighted by molar-refractivity contribution is -0.381. The highest BCUT2D eigenvalue weighted by atomic mass is 32.1. The molecule has 1 aromatic heterocycles. The molecule has 0 fully saturated rings. The highest BCUT2D eigenvalue weighted by molar-refractivity contribution is 7.18. The summed E-state index contributed by atoms with van der Waals surface area (Å²) >= 11 is 0.640. The molecular weight excluding hydrogens is 158 g/mol. The van der Waals surface area contributed by atoms with Crippen molar-refractivity contribution in [3.05, 3.63) is 10.1 Å². The largest absolute Gasteiger partial charge is 0.488 e. The smallest absolute Gasteiger partial charge is 0.389 e. The molecule has 0 atom stereocenters. The molecule has 0 bridgehead atoms. The van der Waals surface area contributed by atoms with Crippen LogP contribution in [0.4, 0.5) is 10.1 Å². The van der Waals surface area contributed by atoms with Crippen molar-refractivity contribution < 1.29 is 10.0 Å². The first-order valence-corrected chi connectivity index (χ1v) is 3.02. The van der Waals surface area contributed by atoms with Crippen LogP contribution in [-0.4, -0.2) is 15.0 Å². The Labute approximate surface area is 59.1 Å². The topological polar surface area (TPSA) is 102 Å². The Balaban J connectivity index is 3.15. The number of nitrogens with zero attached hydrogens (tertiary/aromatic N) is 2. The Bertz CT molecular complexity index is 270. The molecule has 54 valence electrons. The van der Waals surface area contributed by atoms with Gasteiger partial charge in [-0.3, -0.25) is 10.1 Å². The molecule has 0 unspecified atom stereocenters. The van der Waals surface area contributed by atoms with Gasteiger partial charge in [0.15, 0.2) is 5.13 Å². The lowest BCUT2D eigenvalue weighted by Crippen LogP contribution is -1.82. The van der Waals surface area contributed by atoms with Gasteiger partial charge >= 0.3 is 10.9 Å². The molecule has 0 saturated carbocycles. The highest BCUT2D eigenvalue weighted by Crippen LogP contribution is 2.32. The third-order valence-electron chi connectivity index (χ3n) is 0.774. The minimum atomic E-state index is -0.733. The summed E-state index contributed by atoms with van der Waals surface area (Å²) in [6.45, 7) is 0. The summed E-state index contributed by atoms with van der Waals surface area (Å²) in [6, 6.07) is 0. The number of nitrogens with two attached hydrogens (primary N) is 1. The predicted octanol–water partition coefficient (Wildman–Crippen LogP) is 0.339. The van der Waals surface area contributed by atoms with E-state index >= 15 is 0 Å². The molecule has 10 heavy (non-hydrogen) atoms. The normalized spacial score (nSPS) is 9.60. The Morgan fingerprint density at radius 2 is 2.40 bits per heavy atom. The molecule has 0 aromatic carbocycles. The minimum absolute atomic E-state index is 0.01000. The quantitative estimate of drug-likeness (QED) is 0.456. The van der Waals surface area contributed by atoms with E-state index < -0.39 is 15.8 Å². The third kappa shape index (κ3) is 0.982. The fraction of sp³-hybridized carbons (Fsp3) is 0. The van der Waals surface area contributed by atoms with Gasteiger partial charge in [-0.1, -0.05) is 0 Å². The van der Waals surface area contributed by atoms with Crippen LogP contribution in [0, 0.1) is 10.1 Å². The molecule has 0 aliphatic carbocycles. The van der Waals surface area contributed by atoms with Gasteiger partial charge in [-0.2, -0.15) is 4.98 Å². The van der Waals surface area contributed by atoms with Gasteiger partial charge in [0.25, 0.3) is 0 Å². The summed E-state index contributed by atoms with van der Waals surface area (Å²) in [5.74, 6) is -0.618. The molecule has 1 heterocycles. The van der Waals surface area contributed by atoms with Crippen LogP contribution >= 0.6 is 11.3 Å². The van der Waals surface area contributed by atoms with E-state index in [1.807, 2.05) is 0 Å². The van der Waals surface area contributed by atoms with E-state index in [0.29, 0.717) is 11.3 Å². The maximum absolute atomic E-state index is 10.00. The molecule has 0 saturated heterocycles. The zero-order valence-electron chi connectivity index (χ0n) is 4.64. The van der Waals surface area contributed by atoms with Crippen LogP contribution in [0.2, 0.25) is 0 Å². The van der Waals surface area contributed by atoms with Gasteiger partial charge in [-0.15, -0.1) is 0 Å². The Kier molecular flexibility index (Phi) is 1.42. The summed E-state index contributed by atoms with van der Waals surface area (Å²) in [6.07, 6.45) is 0. The fourth-order valence-electron chi connectivity index (χ4n) is 0.439. The van der Waals surface area contributed by atoms with E-state index in [1.54, 1.807) is 0 Å². The Morgan fingerprint density at radius 3 is 2.60 bits per heavy atom. The van der Waals surface area contributed by atoms with Crippen molar-refractivity contribution >= 4 is 21.5 Å². The number of hydrogen-bond donors (Lipinski definition) is 2. The molecular formula is C3H3N3O3S. The number of nitro groups is 1. The maximum atomic E-state index is 10.00. The zero-order chi connectivity index (χ0) is 7.72. The first kappa shape index (κ1) is 6.75. The van der Waals surface area contributed by atoms with Gasteiger partial charge in [0.2, 0.25) is 0 Å². The Morgan fingerprint density at radius 1 is 1.80 bits per heavy atom. The summed E-state index contributed by atoms with van der Waals surface area (Å²) in [5, 5.41) is 18.2. The van der Waals surface area contributed by atoms with Crippen molar-refractivity contribution in [1.29, 1.82) is 0 Å². The summed E-state index contributed by atoms with van der Waals surface area (Å²) in [7, 11) is 0. The lowest BCUT2D eigenvalue weighted by Gasteiger charge is -1.80. The van der Waals surface area contributed by atoms with E-state index in [-0.39, 0.29) is 5.13 Å². The third-order valence-corrected chi connectivity index (χ3v) is 1.60. The molecule has 0 spiro atoms. The minimum Gasteiger partial charge on any atom is -0.488 e. The zero-order valence-corrected chi connectivity index (χ0v) is 5.46. The van der Waals surface area contributed by atoms with Crippen LogP contribution in [0.3, 0.4) is 0 Å². The second-order valence-electron chi connectivity index (χ2n) is 1.44. The number of nitrogen functional groups attached to an aromatic ring is 1. The van der Waals surface area contributed by atoms with Crippen molar-refractivity contribution in [3.8, 4) is 5.88 Å². The van der Waals surface area contributed by atoms with E-state index in [9.17, 15) is 10.1 Å².